The molecular formula is C19H30IN3O3. The Balaban J connectivity index is 0.00000243. The van der Waals surface area contributed by atoms with E-state index in [1.165, 1.54) is 39.2 Å². The molecule has 1 aliphatic carbocycles. The van der Waals surface area contributed by atoms with Gasteiger partial charge in [0.15, 0.2) is 5.96 Å². The van der Waals surface area contributed by atoms with Crippen LogP contribution in [-0.2, 0) is 11.3 Å². The number of nitrogens with zero attached hydrogens (tertiary/aromatic N) is 2. The van der Waals surface area contributed by atoms with Gasteiger partial charge in [0.2, 0.25) is 0 Å². The predicted octanol–water partition coefficient (Wildman–Crippen LogP) is 3.72. The van der Waals surface area contributed by atoms with Gasteiger partial charge in [-0.05, 0) is 44.6 Å². The van der Waals surface area contributed by atoms with E-state index in [0.717, 1.165) is 25.6 Å². The Morgan fingerprint density at radius 2 is 2.12 bits per heavy atom. The molecule has 1 N–H and O–H groups in total. The quantitative estimate of drug-likeness (QED) is 0.311. The van der Waals surface area contributed by atoms with Crippen molar-refractivity contribution in [3.8, 4) is 0 Å². The van der Waals surface area contributed by atoms with E-state index in [4.69, 9.17) is 14.1 Å². The van der Waals surface area contributed by atoms with Gasteiger partial charge in [0, 0.05) is 19.6 Å². The number of halogens is 1. The first-order valence-electron chi connectivity index (χ1n) is 9.28. The van der Waals surface area contributed by atoms with E-state index in [2.05, 4.69) is 17.1 Å². The van der Waals surface area contributed by atoms with Crippen molar-refractivity contribution in [3.63, 3.8) is 0 Å². The van der Waals surface area contributed by atoms with Gasteiger partial charge in [-0.25, -0.2) is 9.79 Å². The number of hydrogen-bond acceptors (Lipinski definition) is 4. The summed E-state index contributed by atoms with van der Waals surface area (Å²) in [6.45, 7) is 7.29. The van der Waals surface area contributed by atoms with Gasteiger partial charge in [-0.3, -0.25) is 0 Å². The minimum absolute atomic E-state index is 0. The van der Waals surface area contributed by atoms with Gasteiger partial charge in [-0.15, -0.1) is 24.0 Å². The van der Waals surface area contributed by atoms with Crippen LogP contribution < -0.4 is 5.32 Å². The van der Waals surface area contributed by atoms with Gasteiger partial charge in [-0.1, -0.05) is 12.8 Å². The van der Waals surface area contributed by atoms with E-state index in [1.54, 1.807) is 13.0 Å². The molecule has 2 aliphatic rings. The number of aliphatic imine (C=N–C) groups is 1. The molecule has 1 aliphatic heterocycles. The summed E-state index contributed by atoms with van der Waals surface area (Å²) in [6, 6.07) is 1.73. The van der Waals surface area contributed by atoms with E-state index in [9.17, 15) is 4.79 Å². The summed E-state index contributed by atoms with van der Waals surface area (Å²) >= 11 is 0. The van der Waals surface area contributed by atoms with Crippen molar-refractivity contribution in [1.29, 1.82) is 0 Å². The lowest BCUT2D eigenvalue weighted by Gasteiger charge is -2.25. The summed E-state index contributed by atoms with van der Waals surface area (Å²) in [4.78, 5) is 18.8. The van der Waals surface area contributed by atoms with E-state index in [1.807, 2.05) is 0 Å². The van der Waals surface area contributed by atoms with Crippen molar-refractivity contribution >= 4 is 35.9 Å². The largest absolute Gasteiger partial charge is 0.465 e. The number of carbonyl (C=O) groups excluding carboxylic acids is 1. The highest BCUT2D eigenvalue weighted by Gasteiger charge is 2.41. The van der Waals surface area contributed by atoms with Crippen LogP contribution in [0.2, 0.25) is 0 Å². The first-order chi connectivity index (χ1) is 12.1. The number of aryl methyl sites for hydroxylation is 1. The summed E-state index contributed by atoms with van der Waals surface area (Å²) in [5.74, 6) is 1.84. The molecule has 1 aromatic rings. The number of likely N-dealkylation sites (tertiary alicyclic amines) is 1. The summed E-state index contributed by atoms with van der Waals surface area (Å²) in [6.07, 6.45) is 6.70. The molecule has 0 bridgehead atoms. The molecule has 146 valence electrons. The topological polar surface area (TPSA) is 67.1 Å². The van der Waals surface area contributed by atoms with Crippen LogP contribution in [0, 0.1) is 12.3 Å². The van der Waals surface area contributed by atoms with E-state index < -0.39 is 0 Å². The lowest BCUT2D eigenvalue weighted by Crippen LogP contribution is -2.41. The SMILES string of the molecule is CCNC(=NCc1cc(C(=O)OC)c(C)o1)N1CCC2(CCCC2)C1.I. The Bertz CT molecular complexity index is 650. The first kappa shape index (κ1) is 21.1. The maximum absolute atomic E-state index is 11.7. The van der Waals surface area contributed by atoms with Crippen LogP contribution in [0.25, 0.3) is 0 Å². The number of hydrogen-bond donors (Lipinski definition) is 1. The second-order valence-corrected chi connectivity index (χ2v) is 7.22. The maximum atomic E-state index is 11.7. The molecule has 1 spiro atoms. The molecule has 2 heterocycles. The van der Waals surface area contributed by atoms with Crippen LogP contribution in [0.1, 0.15) is 60.9 Å². The third-order valence-electron chi connectivity index (χ3n) is 5.50. The van der Waals surface area contributed by atoms with Crippen LogP contribution in [-0.4, -0.2) is 43.6 Å². The summed E-state index contributed by atoms with van der Waals surface area (Å²) in [5.41, 5.74) is 0.985. The second-order valence-electron chi connectivity index (χ2n) is 7.22. The summed E-state index contributed by atoms with van der Waals surface area (Å²) in [5, 5.41) is 3.40. The average Bonchev–Trinajstić information content (AvgIpc) is 3.33. The number of nitrogens with one attached hydrogen (secondary N) is 1. The molecule has 6 nitrogen and oxygen atoms in total. The number of esters is 1. The number of rotatable bonds is 4. The van der Waals surface area contributed by atoms with E-state index in [0.29, 0.717) is 29.0 Å². The third kappa shape index (κ3) is 4.53. The lowest BCUT2D eigenvalue weighted by atomic mass is 9.86. The van der Waals surface area contributed by atoms with E-state index in [-0.39, 0.29) is 29.9 Å². The molecule has 3 rings (SSSR count). The zero-order chi connectivity index (χ0) is 17.9. The van der Waals surface area contributed by atoms with Crippen molar-refractivity contribution in [1.82, 2.24) is 10.2 Å². The monoisotopic (exact) mass is 475 g/mol. The lowest BCUT2D eigenvalue weighted by molar-refractivity contribution is 0.0599. The highest BCUT2D eigenvalue weighted by molar-refractivity contribution is 14.0. The molecule has 0 unspecified atom stereocenters. The Morgan fingerprint density at radius 1 is 1.38 bits per heavy atom. The molecule has 26 heavy (non-hydrogen) atoms. The standard InChI is InChI=1S/C19H29N3O3.HI/c1-4-20-18(22-10-9-19(13-22)7-5-6-8-19)21-12-15-11-16(14(2)25-15)17(23)24-3;/h11H,4-10,12-13H2,1-3H3,(H,20,21);1H. The molecule has 0 radical (unpaired) electrons. The van der Waals surface area contributed by atoms with Crippen LogP contribution in [0.3, 0.4) is 0 Å². The maximum Gasteiger partial charge on any atom is 0.341 e. The third-order valence-corrected chi connectivity index (χ3v) is 5.50. The molecule has 0 aromatic carbocycles. The predicted molar refractivity (Wildman–Crippen MR) is 112 cm³/mol. The fourth-order valence-corrected chi connectivity index (χ4v) is 4.16. The van der Waals surface area contributed by atoms with Crippen LogP contribution >= 0.6 is 24.0 Å². The zero-order valence-corrected chi connectivity index (χ0v) is 18.3. The molecule has 0 atom stereocenters. The normalized spacial score (nSPS) is 18.9. The van der Waals surface area contributed by atoms with Gasteiger partial charge in [-0.2, -0.15) is 0 Å². The summed E-state index contributed by atoms with van der Waals surface area (Å²) in [7, 11) is 1.38. The molecule has 1 saturated heterocycles. The van der Waals surface area contributed by atoms with Crippen molar-refractivity contribution in [3.05, 3.63) is 23.2 Å². The van der Waals surface area contributed by atoms with Crippen molar-refractivity contribution < 1.29 is 13.9 Å². The number of methoxy groups -OCH3 is 1. The number of furan rings is 1. The van der Waals surface area contributed by atoms with E-state index >= 15 is 0 Å². The Morgan fingerprint density at radius 3 is 2.77 bits per heavy atom. The first-order valence-corrected chi connectivity index (χ1v) is 9.28. The molecule has 1 saturated carbocycles. The van der Waals surface area contributed by atoms with Gasteiger partial charge < -0.3 is 19.4 Å². The van der Waals surface area contributed by atoms with Crippen molar-refractivity contribution in [2.45, 2.75) is 52.5 Å². The number of guanidine groups is 1. The van der Waals surface area contributed by atoms with Gasteiger partial charge in [0.1, 0.15) is 23.6 Å². The fraction of sp³-hybridized carbons (Fsp3) is 0.684. The van der Waals surface area contributed by atoms with Crippen molar-refractivity contribution in [2.24, 2.45) is 10.4 Å². The van der Waals surface area contributed by atoms with Gasteiger partial charge in [0.05, 0.1) is 7.11 Å². The minimum atomic E-state index is -0.369. The average molecular weight is 475 g/mol. The van der Waals surface area contributed by atoms with Crippen LogP contribution in [0.4, 0.5) is 0 Å². The second kappa shape index (κ2) is 9.10. The Hall–Kier alpha value is -1.25. The number of carbonyl (C=O) groups is 1. The fourth-order valence-electron chi connectivity index (χ4n) is 4.16. The Labute approximate surface area is 172 Å². The summed E-state index contributed by atoms with van der Waals surface area (Å²) < 4.78 is 10.4. The highest BCUT2D eigenvalue weighted by atomic mass is 127. The molecule has 7 heteroatoms. The molecular weight excluding hydrogens is 445 g/mol. The highest BCUT2D eigenvalue weighted by Crippen LogP contribution is 2.45. The minimum Gasteiger partial charge on any atom is -0.465 e. The Kier molecular flexibility index (Phi) is 7.37. The van der Waals surface area contributed by atoms with Crippen molar-refractivity contribution in [2.75, 3.05) is 26.7 Å². The molecule has 0 amide bonds. The van der Waals surface area contributed by atoms with Gasteiger partial charge in [0.25, 0.3) is 0 Å². The zero-order valence-electron chi connectivity index (χ0n) is 16.0. The molecule has 2 fully saturated rings. The van der Waals surface area contributed by atoms with Gasteiger partial charge >= 0.3 is 5.97 Å². The van der Waals surface area contributed by atoms with Crippen LogP contribution in [0.15, 0.2) is 15.5 Å². The molecule has 1 aromatic heterocycles. The smallest absolute Gasteiger partial charge is 0.341 e. The van der Waals surface area contributed by atoms with Crippen LogP contribution in [0.5, 0.6) is 0 Å². The number of ether oxygens (including phenoxy) is 1.